The Morgan fingerprint density at radius 2 is 2.61 bits per heavy atom. The maximum Gasteiger partial charge on any atom is 0.263 e. The Morgan fingerprint density at radius 1 is 1.72 bits per heavy atom. The van der Waals surface area contributed by atoms with Crippen molar-refractivity contribution in [3.63, 3.8) is 0 Å². The number of carbonyl (C=O) groups is 1. The van der Waals surface area contributed by atoms with E-state index in [-0.39, 0.29) is 12.5 Å². The number of rotatable bonds is 4. The van der Waals surface area contributed by atoms with E-state index >= 15 is 0 Å². The van der Waals surface area contributed by atoms with E-state index in [2.05, 4.69) is 12.1 Å². The Balaban J connectivity index is 1.71. The molecule has 1 aliphatic rings. The van der Waals surface area contributed by atoms with Crippen molar-refractivity contribution in [1.82, 2.24) is 4.90 Å². The van der Waals surface area contributed by atoms with Crippen LogP contribution in [0.25, 0.3) is 0 Å². The first-order chi connectivity index (χ1) is 8.75. The molecule has 1 amide bonds. The lowest BCUT2D eigenvalue weighted by Crippen LogP contribution is -2.40. The Labute approximate surface area is 111 Å². The van der Waals surface area contributed by atoms with Gasteiger partial charge in [-0.25, -0.2) is 0 Å². The third-order valence-electron chi connectivity index (χ3n) is 3.00. The summed E-state index contributed by atoms with van der Waals surface area (Å²) in [6.07, 6.45) is 3.93. The number of thiophene rings is 1. The highest BCUT2D eigenvalue weighted by Crippen LogP contribution is 2.15. The number of oxime groups is 1. The van der Waals surface area contributed by atoms with Crippen molar-refractivity contribution in [2.75, 3.05) is 19.7 Å². The van der Waals surface area contributed by atoms with Gasteiger partial charge in [-0.2, -0.15) is 0 Å². The molecule has 0 aromatic carbocycles. The van der Waals surface area contributed by atoms with Gasteiger partial charge in [-0.05, 0) is 30.2 Å². The molecule has 1 saturated heterocycles. The monoisotopic (exact) mass is 266 g/mol. The van der Waals surface area contributed by atoms with Crippen LogP contribution in [0.1, 0.15) is 24.6 Å². The van der Waals surface area contributed by atoms with E-state index in [1.807, 2.05) is 22.4 Å². The second-order valence-corrected chi connectivity index (χ2v) is 5.59. The van der Waals surface area contributed by atoms with Crippen LogP contribution in [0.15, 0.2) is 22.7 Å². The predicted molar refractivity (Wildman–Crippen MR) is 72.8 cm³/mol. The van der Waals surface area contributed by atoms with Crippen molar-refractivity contribution in [1.29, 1.82) is 0 Å². The normalized spacial score (nSPS) is 20.3. The van der Waals surface area contributed by atoms with Gasteiger partial charge in [0.05, 0.1) is 6.21 Å². The highest BCUT2D eigenvalue weighted by Gasteiger charge is 2.20. The number of nitrogens with zero attached hydrogens (tertiary/aromatic N) is 2. The van der Waals surface area contributed by atoms with E-state index in [1.165, 1.54) is 6.42 Å². The average molecular weight is 266 g/mol. The first kappa shape index (κ1) is 13.1. The van der Waals surface area contributed by atoms with E-state index in [0.717, 1.165) is 24.4 Å². The molecule has 2 rings (SSSR count). The van der Waals surface area contributed by atoms with Gasteiger partial charge in [-0.1, -0.05) is 18.1 Å². The van der Waals surface area contributed by atoms with Crippen LogP contribution in [0.5, 0.6) is 0 Å². The first-order valence-electron chi connectivity index (χ1n) is 6.22. The van der Waals surface area contributed by atoms with Crippen molar-refractivity contribution in [2.24, 2.45) is 11.1 Å². The molecule has 1 unspecified atom stereocenters. The summed E-state index contributed by atoms with van der Waals surface area (Å²) in [5.74, 6) is 0.627. The number of likely N-dealkylation sites (tertiary alicyclic amines) is 1. The fourth-order valence-electron chi connectivity index (χ4n) is 2.05. The van der Waals surface area contributed by atoms with Gasteiger partial charge >= 0.3 is 0 Å². The summed E-state index contributed by atoms with van der Waals surface area (Å²) < 4.78 is 0. The van der Waals surface area contributed by atoms with Crippen molar-refractivity contribution in [2.45, 2.75) is 19.8 Å². The molecule has 0 bridgehead atoms. The minimum atomic E-state index is 0.0323. The molecule has 1 atom stereocenters. The van der Waals surface area contributed by atoms with E-state index in [1.54, 1.807) is 17.6 Å². The lowest BCUT2D eigenvalue weighted by molar-refractivity contribution is -0.137. The number of amides is 1. The molecule has 1 aromatic heterocycles. The van der Waals surface area contributed by atoms with Gasteiger partial charge in [0.15, 0.2) is 6.61 Å². The van der Waals surface area contributed by atoms with Crippen LogP contribution in [0, 0.1) is 5.92 Å². The summed E-state index contributed by atoms with van der Waals surface area (Å²) in [6.45, 7) is 3.90. The second-order valence-electron chi connectivity index (χ2n) is 4.61. The highest BCUT2D eigenvalue weighted by molar-refractivity contribution is 7.11. The predicted octanol–water partition coefficient (Wildman–Crippen LogP) is 2.36. The molecule has 0 radical (unpaired) electrons. The fraction of sp³-hybridized carbons (Fsp3) is 0.538. The van der Waals surface area contributed by atoms with Gasteiger partial charge in [0.25, 0.3) is 5.91 Å². The highest BCUT2D eigenvalue weighted by atomic mass is 32.1. The largest absolute Gasteiger partial charge is 0.386 e. The number of carbonyl (C=O) groups excluding carboxylic acids is 1. The maximum absolute atomic E-state index is 11.8. The van der Waals surface area contributed by atoms with Crippen LogP contribution in [-0.2, 0) is 9.63 Å². The molecule has 5 heteroatoms. The molecule has 0 N–H and O–H groups in total. The van der Waals surface area contributed by atoms with Crippen LogP contribution >= 0.6 is 11.3 Å². The Morgan fingerprint density at radius 3 is 3.33 bits per heavy atom. The van der Waals surface area contributed by atoms with Gasteiger partial charge < -0.3 is 9.74 Å². The minimum absolute atomic E-state index is 0.0323. The Bertz CT molecular complexity index is 403. The van der Waals surface area contributed by atoms with Crippen LogP contribution < -0.4 is 0 Å². The van der Waals surface area contributed by atoms with E-state index in [0.29, 0.717) is 5.92 Å². The van der Waals surface area contributed by atoms with Crippen molar-refractivity contribution >= 4 is 23.5 Å². The molecule has 1 aliphatic heterocycles. The van der Waals surface area contributed by atoms with Crippen LogP contribution in [0.3, 0.4) is 0 Å². The van der Waals surface area contributed by atoms with Crippen molar-refractivity contribution in [3.8, 4) is 0 Å². The average Bonchev–Trinajstić information content (AvgIpc) is 2.87. The maximum atomic E-state index is 11.8. The molecule has 2 heterocycles. The summed E-state index contributed by atoms with van der Waals surface area (Å²) >= 11 is 1.59. The standard InChI is InChI=1S/C13H18N2O2S/c1-11-4-2-6-15(9-11)13(16)10-17-14-8-12-5-3-7-18-12/h3,5,7-8,11H,2,4,6,9-10H2,1H3/b14-8+. The third kappa shape index (κ3) is 3.84. The number of piperidine rings is 1. The molecule has 18 heavy (non-hydrogen) atoms. The fourth-order valence-corrected chi connectivity index (χ4v) is 2.63. The van der Waals surface area contributed by atoms with Gasteiger partial charge in [0.2, 0.25) is 0 Å². The summed E-state index contributed by atoms with van der Waals surface area (Å²) in [4.78, 5) is 19.8. The van der Waals surface area contributed by atoms with E-state index < -0.39 is 0 Å². The summed E-state index contributed by atoms with van der Waals surface area (Å²) in [6, 6.07) is 3.90. The van der Waals surface area contributed by atoms with Crippen LogP contribution in [0.2, 0.25) is 0 Å². The Hall–Kier alpha value is -1.36. The lowest BCUT2D eigenvalue weighted by Gasteiger charge is -2.30. The second kappa shape index (κ2) is 6.54. The van der Waals surface area contributed by atoms with Crippen molar-refractivity contribution in [3.05, 3.63) is 22.4 Å². The SMILES string of the molecule is CC1CCCN(C(=O)CO/N=C/c2cccs2)C1. The molecule has 4 nitrogen and oxygen atoms in total. The van der Waals surface area contributed by atoms with Gasteiger partial charge in [-0.15, -0.1) is 11.3 Å². The molecular formula is C13H18N2O2S. The molecule has 0 aliphatic carbocycles. The van der Waals surface area contributed by atoms with Gasteiger partial charge in [-0.3, -0.25) is 4.79 Å². The number of hydrogen-bond acceptors (Lipinski definition) is 4. The quantitative estimate of drug-likeness (QED) is 0.620. The zero-order valence-electron chi connectivity index (χ0n) is 10.5. The van der Waals surface area contributed by atoms with E-state index in [9.17, 15) is 4.79 Å². The summed E-state index contributed by atoms with van der Waals surface area (Å²) in [7, 11) is 0. The van der Waals surface area contributed by atoms with Crippen molar-refractivity contribution < 1.29 is 9.63 Å². The summed E-state index contributed by atoms with van der Waals surface area (Å²) in [5.41, 5.74) is 0. The van der Waals surface area contributed by atoms with Gasteiger partial charge in [0, 0.05) is 18.0 Å². The topological polar surface area (TPSA) is 41.9 Å². The first-order valence-corrected chi connectivity index (χ1v) is 7.10. The molecule has 0 spiro atoms. The molecule has 0 saturated carbocycles. The molecule has 1 aromatic rings. The Kier molecular flexibility index (Phi) is 4.75. The molecule has 98 valence electrons. The third-order valence-corrected chi connectivity index (χ3v) is 3.80. The number of hydrogen-bond donors (Lipinski definition) is 0. The smallest absolute Gasteiger partial charge is 0.263 e. The van der Waals surface area contributed by atoms with Gasteiger partial charge in [0.1, 0.15) is 0 Å². The minimum Gasteiger partial charge on any atom is -0.386 e. The van der Waals surface area contributed by atoms with E-state index in [4.69, 9.17) is 4.84 Å². The molecular weight excluding hydrogens is 248 g/mol. The summed E-state index contributed by atoms with van der Waals surface area (Å²) in [5, 5.41) is 5.78. The lowest BCUT2D eigenvalue weighted by atomic mass is 10.0. The molecule has 1 fully saturated rings. The van der Waals surface area contributed by atoms with Crippen LogP contribution in [-0.4, -0.2) is 36.7 Å². The zero-order chi connectivity index (χ0) is 12.8. The zero-order valence-corrected chi connectivity index (χ0v) is 11.4. The van der Waals surface area contributed by atoms with Crippen LogP contribution in [0.4, 0.5) is 0 Å².